The highest BCUT2D eigenvalue weighted by Crippen LogP contribution is 2.49. The summed E-state index contributed by atoms with van der Waals surface area (Å²) in [4.78, 5) is 0. The van der Waals surface area contributed by atoms with Gasteiger partial charge in [-0.1, -0.05) is 6.92 Å². The minimum absolute atomic E-state index is 0.258. The zero-order chi connectivity index (χ0) is 7.84. The van der Waals surface area contributed by atoms with E-state index in [0.29, 0.717) is 5.92 Å². The van der Waals surface area contributed by atoms with Crippen LogP contribution in [0.2, 0.25) is 0 Å². The van der Waals surface area contributed by atoms with Gasteiger partial charge in [0.15, 0.2) is 0 Å². The van der Waals surface area contributed by atoms with Gasteiger partial charge in [-0.2, -0.15) is 5.26 Å². The van der Waals surface area contributed by atoms with Gasteiger partial charge in [-0.05, 0) is 37.0 Å². The van der Waals surface area contributed by atoms with Gasteiger partial charge in [-0.3, -0.25) is 0 Å². The molecule has 2 aliphatic rings. The van der Waals surface area contributed by atoms with Crippen LogP contribution in [0.25, 0.3) is 0 Å². The van der Waals surface area contributed by atoms with Crippen LogP contribution in [0.1, 0.15) is 26.2 Å². The molecule has 2 aliphatic carbocycles. The fourth-order valence-corrected chi connectivity index (χ4v) is 2.83. The van der Waals surface area contributed by atoms with Crippen molar-refractivity contribution in [3.8, 4) is 6.26 Å². The molecule has 0 N–H and O–H groups in total. The molecular formula is C9H13NO. The molecule has 0 aromatic carbocycles. The van der Waals surface area contributed by atoms with Gasteiger partial charge >= 0.3 is 0 Å². The Balaban J connectivity index is 2.02. The quantitative estimate of drug-likeness (QED) is 0.536. The van der Waals surface area contributed by atoms with Crippen LogP contribution in [0.4, 0.5) is 0 Å². The summed E-state index contributed by atoms with van der Waals surface area (Å²) in [5, 5.41) is 8.37. The smallest absolute Gasteiger partial charge is 0.286 e. The van der Waals surface area contributed by atoms with E-state index in [-0.39, 0.29) is 6.10 Å². The number of nitriles is 1. The minimum Gasteiger partial charge on any atom is -0.424 e. The molecule has 0 aliphatic heterocycles. The lowest BCUT2D eigenvalue weighted by Gasteiger charge is -2.24. The SMILES string of the molecule is CC1CC2CC(OC#N)C1C2. The molecule has 4 atom stereocenters. The number of nitrogens with zero attached hydrogens (tertiary/aromatic N) is 1. The molecule has 2 rings (SSSR count). The van der Waals surface area contributed by atoms with Crippen molar-refractivity contribution >= 4 is 0 Å². The molecule has 0 saturated heterocycles. The summed E-state index contributed by atoms with van der Waals surface area (Å²) in [6.07, 6.45) is 5.86. The molecule has 2 fully saturated rings. The van der Waals surface area contributed by atoms with Gasteiger partial charge < -0.3 is 4.74 Å². The van der Waals surface area contributed by atoms with E-state index >= 15 is 0 Å². The summed E-state index contributed by atoms with van der Waals surface area (Å²) < 4.78 is 5.01. The number of fused-ring (bicyclic) bond motifs is 2. The molecule has 0 radical (unpaired) electrons. The van der Waals surface area contributed by atoms with Crippen LogP contribution in [-0.2, 0) is 4.74 Å². The van der Waals surface area contributed by atoms with E-state index in [1.165, 1.54) is 12.8 Å². The van der Waals surface area contributed by atoms with E-state index in [4.69, 9.17) is 10.00 Å². The van der Waals surface area contributed by atoms with Crippen molar-refractivity contribution in [1.29, 1.82) is 5.26 Å². The van der Waals surface area contributed by atoms with E-state index in [1.54, 1.807) is 0 Å². The first kappa shape index (κ1) is 6.97. The average Bonchev–Trinajstić information content (AvgIpc) is 2.46. The van der Waals surface area contributed by atoms with E-state index in [1.807, 2.05) is 6.26 Å². The first-order chi connectivity index (χ1) is 5.31. The lowest BCUT2D eigenvalue weighted by atomic mass is 9.88. The number of hydrogen-bond acceptors (Lipinski definition) is 2. The highest BCUT2D eigenvalue weighted by molar-refractivity contribution is 4.95. The van der Waals surface area contributed by atoms with Gasteiger partial charge in [-0.15, -0.1) is 0 Å². The molecule has 0 aromatic heterocycles. The maximum Gasteiger partial charge on any atom is 0.286 e. The number of rotatable bonds is 1. The van der Waals surface area contributed by atoms with Crippen molar-refractivity contribution in [2.75, 3.05) is 0 Å². The molecule has 0 amide bonds. The molecule has 0 heterocycles. The van der Waals surface area contributed by atoms with E-state index in [9.17, 15) is 0 Å². The molecule has 2 saturated carbocycles. The Hall–Kier alpha value is -0.710. The third-order valence-electron chi connectivity index (χ3n) is 3.29. The summed E-state index contributed by atoms with van der Waals surface area (Å²) in [6, 6.07) is 0. The van der Waals surface area contributed by atoms with Crippen LogP contribution in [0, 0.1) is 29.3 Å². The molecule has 0 aromatic rings. The topological polar surface area (TPSA) is 33.0 Å². The molecule has 2 bridgehead atoms. The van der Waals surface area contributed by atoms with Crippen molar-refractivity contribution in [2.45, 2.75) is 32.3 Å². The first-order valence-electron chi connectivity index (χ1n) is 4.36. The Morgan fingerprint density at radius 1 is 1.36 bits per heavy atom. The predicted octanol–water partition coefficient (Wildman–Crippen LogP) is 1.92. The second-order valence-corrected chi connectivity index (χ2v) is 3.96. The van der Waals surface area contributed by atoms with Crippen molar-refractivity contribution in [3.05, 3.63) is 0 Å². The first-order valence-corrected chi connectivity index (χ1v) is 4.36. The molecular weight excluding hydrogens is 138 g/mol. The van der Waals surface area contributed by atoms with E-state index < -0.39 is 0 Å². The summed E-state index contributed by atoms with van der Waals surface area (Å²) in [6.45, 7) is 2.28. The minimum atomic E-state index is 0.258. The largest absolute Gasteiger partial charge is 0.424 e. The standard InChI is InChI=1S/C9H13NO/c1-6-2-7-3-8(6)9(4-7)11-5-10/h6-9H,2-4H2,1H3. The molecule has 2 heteroatoms. The maximum atomic E-state index is 8.37. The summed E-state index contributed by atoms with van der Waals surface area (Å²) in [7, 11) is 0. The summed E-state index contributed by atoms with van der Waals surface area (Å²) >= 11 is 0. The lowest BCUT2D eigenvalue weighted by molar-refractivity contribution is 0.0798. The third-order valence-corrected chi connectivity index (χ3v) is 3.29. The number of hydrogen-bond donors (Lipinski definition) is 0. The van der Waals surface area contributed by atoms with Crippen LogP contribution >= 0.6 is 0 Å². The lowest BCUT2D eigenvalue weighted by Crippen LogP contribution is -2.24. The highest BCUT2D eigenvalue weighted by atomic mass is 16.5. The fourth-order valence-electron chi connectivity index (χ4n) is 2.83. The van der Waals surface area contributed by atoms with Crippen molar-refractivity contribution in [1.82, 2.24) is 0 Å². The van der Waals surface area contributed by atoms with Gasteiger partial charge in [0.2, 0.25) is 0 Å². The monoisotopic (exact) mass is 151 g/mol. The predicted molar refractivity (Wildman–Crippen MR) is 40.5 cm³/mol. The normalized spacial score (nSPS) is 47.3. The van der Waals surface area contributed by atoms with Crippen molar-refractivity contribution < 1.29 is 4.74 Å². The van der Waals surface area contributed by atoms with Gasteiger partial charge in [0, 0.05) is 0 Å². The zero-order valence-corrected chi connectivity index (χ0v) is 6.79. The average molecular weight is 151 g/mol. The van der Waals surface area contributed by atoms with Crippen LogP contribution in [0.5, 0.6) is 0 Å². The van der Waals surface area contributed by atoms with Gasteiger partial charge in [0.05, 0.1) is 0 Å². The van der Waals surface area contributed by atoms with E-state index in [2.05, 4.69) is 6.92 Å². The van der Waals surface area contributed by atoms with Crippen LogP contribution in [0.15, 0.2) is 0 Å². The summed E-state index contributed by atoms with van der Waals surface area (Å²) in [5.41, 5.74) is 0. The maximum absolute atomic E-state index is 8.37. The second-order valence-electron chi connectivity index (χ2n) is 3.96. The van der Waals surface area contributed by atoms with Crippen molar-refractivity contribution in [3.63, 3.8) is 0 Å². The molecule has 0 spiro atoms. The summed E-state index contributed by atoms with van der Waals surface area (Å²) in [5.74, 6) is 2.32. The highest BCUT2D eigenvalue weighted by Gasteiger charge is 2.45. The van der Waals surface area contributed by atoms with Crippen LogP contribution < -0.4 is 0 Å². The second kappa shape index (κ2) is 2.41. The van der Waals surface area contributed by atoms with Gasteiger partial charge in [-0.25, -0.2) is 0 Å². The van der Waals surface area contributed by atoms with E-state index in [0.717, 1.165) is 18.3 Å². The molecule has 4 unspecified atom stereocenters. The molecule has 2 nitrogen and oxygen atoms in total. The molecule has 60 valence electrons. The fraction of sp³-hybridized carbons (Fsp3) is 0.889. The van der Waals surface area contributed by atoms with Gasteiger partial charge in [0.25, 0.3) is 6.26 Å². The Morgan fingerprint density at radius 2 is 2.18 bits per heavy atom. The van der Waals surface area contributed by atoms with Crippen molar-refractivity contribution in [2.24, 2.45) is 17.8 Å². The van der Waals surface area contributed by atoms with Crippen LogP contribution in [-0.4, -0.2) is 6.10 Å². The number of ether oxygens (including phenoxy) is 1. The molecule has 11 heavy (non-hydrogen) atoms. The van der Waals surface area contributed by atoms with Crippen LogP contribution in [0.3, 0.4) is 0 Å². The Labute approximate surface area is 67.2 Å². The zero-order valence-electron chi connectivity index (χ0n) is 6.79. The third kappa shape index (κ3) is 0.994. The van der Waals surface area contributed by atoms with Gasteiger partial charge in [0.1, 0.15) is 6.10 Å². The Bertz CT molecular complexity index is 196. The Morgan fingerprint density at radius 3 is 2.73 bits per heavy atom. The Kier molecular flexibility index (Phi) is 1.52.